The molecule has 172 valence electrons. The molecule has 1 aliphatic heterocycles. The van der Waals surface area contributed by atoms with Crippen LogP contribution in [0.5, 0.6) is 0 Å². The summed E-state index contributed by atoms with van der Waals surface area (Å²) in [5.74, 6) is 0.201. The number of carbonyl (C=O) groups excluding carboxylic acids is 1. The van der Waals surface area contributed by atoms with Gasteiger partial charge in [0.25, 0.3) is 0 Å². The van der Waals surface area contributed by atoms with E-state index in [9.17, 15) is 9.90 Å². The second-order valence-electron chi connectivity index (χ2n) is 6.44. The van der Waals surface area contributed by atoms with Gasteiger partial charge in [-0.25, -0.2) is 0 Å². The van der Waals surface area contributed by atoms with Gasteiger partial charge < -0.3 is 24.6 Å². The number of nitrogens with zero attached hydrogens (tertiary/aromatic N) is 3. The molecule has 29 heavy (non-hydrogen) atoms. The number of allylic oxidation sites excluding steroid dienone is 4. The first-order valence-corrected chi connectivity index (χ1v) is 10.3. The van der Waals surface area contributed by atoms with Gasteiger partial charge >= 0.3 is 0 Å². The van der Waals surface area contributed by atoms with Crippen LogP contribution in [0.2, 0.25) is 0 Å². The number of aliphatic imine (C=N–C) groups is 1. The summed E-state index contributed by atoms with van der Waals surface area (Å²) in [6.45, 7) is 8.95. The zero-order valence-electron chi connectivity index (χ0n) is 19.0. The number of likely N-dealkylation sites (tertiary alicyclic amines) is 1. The van der Waals surface area contributed by atoms with Crippen molar-refractivity contribution in [3.8, 4) is 0 Å². The molecule has 2 aliphatic rings. The molecule has 1 unspecified atom stereocenters. The first kappa shape index (κ1) is 32.0. The summed E-state index contributed by atoms with van der Waals surface area (Å²) in [6, 6.07) is 0.0615. The number of aliphatic hydroxyl groups excluding tert-OH is 1. The molecule has 1 fully saturated rings. The number of hydrogen-bond donors (Lipinski definition) is 1. The number of aliphatic hydroxyl groups is 1. The van der Waals surface area contributed by atoms with Crippen molar-refractivity contribution < 1.29 is 14.6 Å². The molecular weight excluding hydrogens is 366 g/mol. The molecule has 6 nitrogen and oxygen atoms in total. The average molecular weight is 414 g/mol. The van der Waals surface area contributed by atoms with Gasteiger partial charge in [-0.3, -0.25) is 4.79 Å². The average Bonchev–Trinajstić information content (AvgIpc) is 3.20. The fraction of sp³-hybridized carbons (Fsp3) is 0.739. The number of ether oxygens (including phenoxy) is 1. The lowest BCUT2D eigenvalue weighted by Gasteiger charge is -2.25. The minimum atomic E-state index is 0. The van der Waals surface area contributed by atoms with Crippen LogP contribution < -0.4 is 0 Å². The van der Waals surface area contributed by atoms with Crippen molar-refractivity contribution in [3.63, 3.8) is 0 Å². The molecule has 0 aromatic carbocycles. The molecule has 1 heterocycles. The lowest BCUT2D eigenvalue weighted by Crippen LogP contribution is -2.37. The Balaban J connectivity index is -0.000000656. The maximum Gasteiger partial charge on any atom is 0.222 e. The SMILES string of the molecule is C.C=NC.CC.CN(CCCC(=O)N1CCCC1CO)C1=CC=CCC1.COC. The molecule has 1 amide bonds. The largest absolute Gasteiger partial charge is 0.394 e. The normalized spacial score (nSPS) is 16.4. The second-order valence-corrected chi connectivity index (χ2v) is 6.44. The standard InChI is InChI=1S/C16H26N2O2.C2H5N.C2H6O.C2H6.CH4/c1-17(14-7-3-2-4-8-14)11-6-10-16(20)18-12-5-9-15(18)13-19;2*1-3-2;1-2;/h2-3,7,15,19H,4-6,8-13H2,1H3;1H2,2H3;1-2H3;1-2H3;1H4. The maximum atomic E-state index is 12.1. The van der Waals surface area contributed by atoms with E-state index in [0.29, 0.717) is 6.42 Å². The lowest BCUT2D eigenvalue weighted by molar-refractivity contribution is -0.132. The summed E-state index contributed by atoms with van der Waals surface area (Å²) < 4.78 is 4.25. The fourth-order valence-corrected chi connectivity index (χ4v) is 3.02. The fourth-order valence-electron chi connectivity index (χ4n) is 3.02. The summed E-state index contributed by atoms with van der Waals surface area (Å²) in [4.78, 5) is 19.5. The number of methoxy groups -OCH3 is 1. The molecule has 0 saturated carbocycles. The minimum absolute atomic E-state index is 0. The van der Waals surface area contributed by atoms with E-state index in [2.05, 4.69) is 46.6 Å². The van der Waals surface area contributed by atoms with Crippen LogP contribution in [0.3, 0.4) is 0 Å². The third kappa shape index (κ3) is 14.9. The van der Waals surface area contributed by atoms with E-state index < -0.39 is 0 Å². The summed E-state index contributed by atoms with van der Waals surface area (Å²) in [6.07, 6.45) is 12.1. The predicted octanol–water partition coefficient (Wildman–Crippen LogP) is 4.16. The highest BCUT2D eigenvalue weighted by Gasteiger charge is 2.27. The Labute approximate surface area is 180 Å². The Hall–Kier alpha value is -1.66. The molecule has 0 bridgehead atoms. The maximum absolute atomic E-state index is 12.1. The Morgan fingerprint density at radius 3 is 2.48 bits per heavy atom. The molecule has 6 heteroatoms. The predicted molar refractivity (Wildman–Crippen MR) is 127 cm³/mol. The van der Waals surface area contributed by atoms with Crippen molar-refractivity contribution in [2.75, 3.05) is 48.0 Å². The molecular formula is C23H47N3O3. The molecule has 0 aromatic rings. The molecule has 0 aromatic heterocycles. The smallest absolute Gasteiger partial charge is 0.222 e. The lowest BCUT2D eigenvalue weighted by atomic mass is 10.1. The molecule has 1 N–H and O–H groups in total. The van der Waals surface area contributed by atoms with Crippen molar-refractivity contribution >= 4 is 12.6 Å². The van der Waals surface area contributed by atoms with Crippen LogP contribution in [0.4, 0.5) is 0 Å². The van der Waals surface area contributed by atoms with Gasteiger partial charge in [0.05, 0.1) is 12.6 Å². The third-order valence-electron chi connectivity index (χ3n) is 4.27. The Morgan fingerprint density at radius 2 is 2.00 bits per heavy atom. The van der Waals surface area contributed by atoms with E-state index in [1.54, 1.807) is 21.3 Å². The zero-order chi connectivity index (χ0) is 21.8. The summed E-state index contributed by atoms with van der Waals surface area (Å²) in [5.41, 5.74) is 1.36. The number of hydrogen-bond acceptors (Lipinski definition) is 5. The Kier molecular flexibility index (Phi) is 25.0. The van der Waals surface area contributed by atoms with Crippen molar-refractivity contribution in [2.45, 2.75) is 65.8 Å². The van der Waals surface area contributed by atoms with E-state index in [4.69, 9.17) is 0 Å². The molecule has 2 rings (SSSR count). The number of carbonyl (C=O) groups is 1. The van der Waals surface area contributed by atoms with Gasteiger partial charge in [-0.1, -0.05) is 33.4 Å². The Bertz CT molecular complexity index is 451. The molecule has 0 spiro atoms. The quantitative estimate of drug-likeness (QED) is 0.664. The summed E-state index contributed by atoms with van der Waals surface area (Å²) >= 11 is 0. The van der Waals surface area contributed by atoms with E-state index >= 15 is 0 Å². The topological polar surface area (TPSA) is 65.4 Å². The van der Waals surface area contributed by atoms with Gasteiger partial charge in [-0.05, 0) is 44.9 Å². The molecule has 0 radical (unpaired) electrons. The van der Waals surface area contributed by atoms with E-state index in [0.717, 1.165) is 45.2 Å². The first-order valence-electron chi connectivity index (χ1n) is 10.3. The van der Waals surface area contributed by atoms with Crippen LogP contribution in [0.15, 0.2) is 28.9 Å². The number of rotatable bonds is 6. The van der Waals surface area contributed by atoms with Crippen molar-refractivity contribution in [1.82, 2.24) is 9.80 Å². The summed E-state index contributed by atoms with van der Waals surface area (Å²) in [5, 5.41) is 9.25. The van der Waals surface area contributed by atoms with Crippen LogP contribution in [-0.2, 0) is 9.53 Å². The highest BCUT2D eigenvalue weighted by molar-refractivity contribution is 5.76. The van der Waals surface area contributed by atoms with Crippen molar-refractivity contribution in [3.05, 3.63) is 23.9 Å². The first-order chi connectivity index (χ1) is 13.5. The van der Waals surface area contributed by atoms with Crippen LogP contribution in [0.25, 0.3) is 0 Å². The van der Waals surface area contributed by atoms with Gasteiger partial charge in [0.15, 0.2) is 0 Å². The van der Waals surface area contributed by atoms with Crippen molar-refractivity contribution in [2.24, 2.45) is 4.99 Å². The highest BCUT2D eigenvalue weighted by atomic mass is 16.4. The summed E-state index contributed by atoms with van der Waals surface area (Å²) in [7, 11) is 6.99. The highest BCUT2D eigenvalue weighted by Crippen LogP contribution is 2.19. The van der Waals surface area contributed by atoms with Crippen LogP contribution in [0.1, 0.15) is 59.8 Å². The third-order valence-corrected chi connectivity index (χ3v) is 4.27. The molecule has 1 saturated heterocycles. The molecule has 1 aliphatic carbocycles. The van der Waals surface area contributed by atoms with E-state index in [1.807, 2.05) is 18.7 Å². The Morgan fingerprint density at radius 1 is 1.41 bits per heavy atom. The van der Waals surface area contributed by atoms with Gasteiger partial charge in [-0.2, -0.15) is 0 Å². The van der Waals surface area contributed by atoms with Gasteiger partial charge in [0, 0.05) is 53.5 Å². The monoisotopic (exact) mass is 413 g/mol. The molecule has 1 atom stereocenters. The van der Waals surface area contributed by atoms with Gasteiger partial charge in [-0.15, -0.1) is 0 Å². The zero-order valence-corrected chi connectivity index (χ0v) is 19.0. The van der Waals surface area contributed by atoms with E-state index in [-0.39, 0.29) is 26.0 Å². The van der Waals surface area contributed by atoms with Crippen LogP contribution >= 0.6 is 0 Å². The minimum Gasteiger partial charge on any atom is -0.394 e. The van der Waals surface area contributed by atoms with Crippen LogP contribution in [-0.4, -0.2) is 81.6 Å². The second kappa shape index (κ2) is 22.6. The van der Waals surface area contributed by atoms with Crippen LogP contribution in [0, 0.1) is 0 Å². The van der Waals surface area contributed by atoms with Gasteiger partial charge in [0.2, 0.25) is 5.91 Å². The van der Waals surface area contributed by atoms with E-state index in [1.165, 1.54) is 5.70 Å². The number of amides is 1. The van der Waals surface area contributed by atoms with Crippen molar-refractivity contribution in [1.29, 1.82) is 0 Å². The van der Waals surface area contributed by atoms with Gasteiger partial charge in [0.1, 0.15) is 0 Å².